The quantitative estimate of drug-likeness (QED) is 0.405. The molecular weight excluding hydrogens is 509 g/mol. The van der Waals surface area contributed by atoms with Crippen molar-refractivity contribution in [3.63, 3.8) is 0 Å². The number of amides is 2. The van der Waals surface area contributed by atoms with E-state index in [0.717, 1.165) is 11.6 Å². The van der Waals surface area contributed by atoms with Crippen molar-refractivity contribution in [2.24, 2.45) is 5.92 Å². The van der Waals surface area contributed by atoms with E-state index in [1.54, 1.807) is 4.90 Å². The molecule has 1 saturated heterocycles. The number of halogens is 4. The minimum atomic E-state index is -4.56. The molecule has 0 unspecified atom stereocenters. The van der Waals surface area contributed by atoms with Crippen molar-refractivity contribution in [2.75, 3.05) is 31.1 Å². The molecule has 37 heavy (non-hydrogen) atoms. The standard InChI is InChI=1S/C27H22ClF3N2O4/c28-22-11-23-24(10-20(22)19-8-4-5-9-21(19)27(29,30)31)36-16-25(34)33(23)14-18-12-32(13-18)26(35)37-15-17-6-2-1-3-7-17/h1-11,18H,12-16H2. The van der Waals surface area contributed by atoms with Crippen molar-refractivity contribution in [3.05, 3.63) is 82.9 Å². The van der Waals surface area contributed by atoms with E-state index in [2.05, 4.69) is 0 Å². The van der Waals surface area contributed by atoms with E-state index in [1.165, 1.54) is 35.2 Å². The van der Waals surface area contributed by atoms with Gasteiger partial charge in [-0.1, -0.05) is 60.1 Å². The van der Waals surface area contributed by atoms with Gasteiger partial charge in [0.05, 0.1) is 16.3 Å². The number of anilines is 1. The average molecular weight is 531 g/mol. The molecule has 2 aliphatic heterocycles. The van der Waals surface area contributed by atoms with E-state index in [1.807, 2.05) is 30.3 Å². The lowest BCUT2D eigenvalue weighted by atomic mass is 9.97. The Morgan fingerprint density at radius 3 is 2.46 bits per heavy atom. The number of ether oxygens (including phenoxy) is 2. The van der Waals surface area contributed by atoms with Gasteiger partial charge < -0.3 is 19.3 Å². The molecule has 0 N–H and O–H groups in total. The Morgan fingerprint density at radius 2 is 1.73 bits per heavy atom. The van der Waals surface area contributed by atoms with Gasteiger partial charge in [0, 0.05) is 31.1 Å². The maximum atomic E-state index is 13.6. The van der Waals surface area contributed by atoms with Crippen molar-refractivity contribution < 1.29 is 32.2 Å². The van der Waals surface area contributed by atoms with Crippen molar-refractivity contribution in [3.8, 4) is 16.9 Å². The third-order valence-corrected chi connectivity index (χ3v) is 6.69. The van der Waals surface area contributed by atoms with Crippen LogP contribution in [0.15, 0.2) is 66.7 Å². The van der Waals surface area contributed by atoms with Crippen molar-refractivity contribution in [1.82, 2.24) is 4.90 Å². The van der Waals surface area contributed by atoms with Gasteiger partial charge in [0.25, 0.3) is 5.91 Å². The Balaban J connectivity index is 1.28. The molecule has 3 aromatic carbocycles. The molecule has 5 rings (SSSR count). The van der Waals surface area contributed by atoms with Gasteiger partial charge in [-0.05, 0) is 29.3 Å². The molecule has 0 atom stereocenters. The highest BCUT2D eigenvalue weighted by Crippen LogP contribution is 2.45. The first-order valence-electron chi connectivity index (χ1n) is 11.6. The summed E-state index contributed by atoms with van der Waals surface area (Å²) < 4.78 is 51.6. The predicted molar refractivity (Wildman–Crippen MR) is 131 cm³/mol. The monoisotopic (exact) mass is 530 g/mol. The highest BCUT2D eigenvalue weighted by Gasteiger charge is 2.37. The topological polar surface area (TPSA) is 59.1 Å². The summed E-state index contributed by atoms with van der Waals surface area (Å²) >= 11 is 6.43. The van der Waals surface area contributed by atoms with Crippen LogP contribution >= 0.6 is 11.6 Å². The Labute approximate surface area is 216 Å². The lowest BCUT2D eigenvalue weighted by Crippen LogP contribution is -2.55. The summed E-state index contributed by atoms with van der Waals surface area (Å²) in [6.45, 7) is 1.07. The van der Waals surface area contributed by atoms with Crippen LogP contribution < -0.4 is 9.64 Å². The summed E-state index contributed by atoms with van der Waals surface area (Å²) in [6, 6.07) is 17.4. The molecule has 0 bridgehead atoms. The van der Waals surface area contributed by atoms with Crippen LogP contribution in [0.1, 0.15) is 11.1 Å². The van der Waals surface area contributed by atoms with Crippen molar-refractivity contribution in [2.45, 2.75) is 12.8 Å². The molecule has 3 aromatic rings. The molecule has 0 saturated carbocycles. The summed E-state index contributed by atoms with van der Waals surface area (Å²) in [5.74, 6) is -0.0184. The number of rotatable bonds is 5. The number of carbonyl (C=O) groups excluding carboxylic acids is 2. The van der Waals surface area contributed by atoms with Crippen LogP contribution in [0.3, 0.4) is 0 Å². The lowest BCUT2D eigenvalue weighted by molar-refractivity contribution is -0.137. The number of alkyl halides is 3. The average Bonchev–Trinajstić information content (AvgIpc) is 2.85. The second-order valence-corrected chi connectivity index (χ2v) is 9.35. The van der Waals surface area contributed by atoms with Crippen LogP contribution in [0.25, 0.3) is 11.1 Å². The number of nitrogens with zero attached hydrogens (tertiary/aromatic N) is 2. The van der Waals surface area contributed by atoms with Crippen molar-refractivity contribution in [1.29, 1.82) is 0 Å². The molecule has 0 aliphatic carbocycles. The normalized spacial score (nSPS) is 15.6. The molecular formula is C27H22ClF3N2O4. The zero-order valence-electron chi connectivity index (χ0n) is 19.5. The molecule has 1 fully saturated rings. The smallest absolute Gasteiger partial charge is 0.417 e. The minimum Gasteiger partial charge on any atom is -0.482 e. The highest BCUT2D eigenvalue weighted by atomic mass is 35.5. The van der Waals surface area contributed by atoms with Gasteiger partial charge in [0.2, 0.25) is 0 Å². The second-order valence-electron chi connectivity index (χ2n) is 8.95. The Morgan fingerprint density at radius 1 is 1.03 bits per heavy atom. The van der Waals surface area contributed by atoms with Gasteiger partial charge >= 0.3 is 12.3 Å². The Kier molecular flexibility index (Phi) is 6.72. The van der Waals surface area contributed by atoms with E-state index < -0.39 is 17.8 Å². The third kappa shape index (κ3) is 5.22. The van der Waals surface area contributed by atoms with Crippen LogP contribution in [0.2, 0.25) is 5.02 Å². The molecule has 10 heteroatoms. The largest absolute Gasteiger partial charge is 0.482 e. The first-order valence-corrected chi connectivity index (χ1v) is 12.0. The van der Waals surface area contributed by atoms with Crippen LogP contribution in [0.5, 0.6) is 5.75 Å². The highest BCUT2D eigenvalue weighted by molar-refractivity contribution is 6.34. The number of benzene rings is 3. The zero-order chi connectivity index (χ0) is 26.2. The van der Waals surface area contributed by atoms with Gasteiger partial charge in [-0.25, -0.2) is 4.79 Å². The first kappa shape index (κ1) is 25.0. The number of carbonyl (C=O) groups is 2. The van der Waals surface area contributed by atoms with Crippen LogP contribution in [-0.4, -0.2) is 43.1 Å². The molecule has 0 aromatic heterocycles. The van der Waals surface area contributed by atoms with Gasteiger partial charge in [-0.2, -0.15) is 13.2 Å². The fourth-order valence-electron chi connectivity index (χ4n) is 4.50. The van der Waals surface area contributed by atoms with Gasteiger partial charge in [0.15, 0.2) is 6.61 Å². The molecule has 0 radical (unpaired) electrons. The summed E-state index contributed by atoms with van der Waals surface area (Å²) in [4.78, 5) is 28.1. The molecule has 6 nitrogen and oxygen atoms in total. The van der Waals surface area contributed by atoms with E-state index in [0.29, 0.717) is 25.3 Å². The predicted octanol–water partition coefficient (Wildman–Crippen LogP) is 6.02. The third-order valence-electron chi connectivity index (χ3n) is 6.38. The van der Waals surface area contributed by atoms with E-state index in [-0.39, 0.29) is 46.9 Å². The van der Waals surface area contributed by atoms with Crippen molar-refractivity contribution >= 4 is 29.3 Å². The fraction of sp³-hybridized carbons (Fsp3) is 0.259. The first-order chi connectivity index (χ1) is 17.7. The van der Waals surface area contributed by atoms with Gasteiger partial charge in [0.1, 0.15) is 12.4 Å². The van der Waals surface area contributed by atoms with Crippen LogP contribution in [0, 0.1) is 5.92 Å². The summed E-state index contributed by atoms with van der Waals surface area (Å²) in [7, 11) is 0. The maximum absolute atomic E-state index is 13.6. The fourth-order valence-corrected chi connectivity index (χ4v) is 4.76. The number of fused-ring (bicyclic) bond motifs is 1. The summed E-state index contributed by atoms with van der Waals surface area (Å²) in [5.41, 5.74) is 0.559. The van der Waals surface area contributed by atoms with E-state index >= 15 is 0 Å². The SMILES string of the molecule is O=C(OCc1ccccc1)N1CC(CN2C(=O)COc3cc(-c4ccccc4C(F)(F)F)c(Cl)cc32)C1. The summed E-state index contributed by atoms with van der Waals surface area (Å²) in [5, 5.41) is 0.0680. The van der Waals surface area contributed by atoms with E-state index in [9.17, 15) is 22.8 Å². The second kappa shape index (κ2) is 9.97. The number of likely N-dealkylation sites (tertiary alicyclic amines) is 1. The minimum absolute atomic E-state index is 0.00332. The van der Waals surface area contributed by atoms with Gasteiger partial charge in [-0.15, -0.1) is 0 Å². The summed E-state index contributed by atoms with van der Waals surface area (Å²) in [6.07, 6.45) is -4.98. The number of hydrogen-bond acceptors (Lipinski definition) is 4. The molecule has 192 valence electrons. The van der Waals surface area contributed by atoms with E-state index in [4.69, 9.17) is 21.1 Å². The Hall–Kier alpha value is -3.72. The maximum Gasteiger partial charge on any atom is 0.417 e. The zero-order valence-corrected chi connectivity index (χ0v) is 20.3. The molecule has 0 spiro atoms. The molecule has 2 aliphatic rings. The van der Waals surface area contributed by atoms with Crippen LogP contribution in [0.4, 0.5) is 23.7 Å². The lowest BCUT2D eigenvalue weighted by Gasteiger charge is -2.41. The van der Waals surface area contributed by atoms with Crippen LogP contribution in [-0.2, 0) is 22.3 Å². The van der Waals surface area contributed by atoms with Gasteiger partial charge in [-0.3, -0.25) is 4.79 Å². The molecule has 2 heterocycles. The Bertz CT molecular complexity index is 1330. The number of hydrogen-bond donors (Lipinski definition) is 0. The molecule has 2 amide bonds.